The smallest absolute Gasteiger partial charge is 0.338 e. The standard InChI is InChI=1S/C17H22FNO2/c1-19(10-14-8-11-5-6-12(14)7-11)9-13-3-2-4-15(16(13)18)17(20)21/h2-4,11-12,14H,5-10H2,1H3,(H,20,21). The summed E-state index contributed by atoms with van der Waals surface area (Å²) in [5, 5.41) is 8.97. The van der Waals surface area contributed by atoms with E-state index in [9.17, 15) is 9.18 Å². The average Bonchev–Trinajstić information content (AvgIpc) is 3.03. The van der Waals surface area contributed by atoms with Crippen LogP contribution < -0.4 is 0 Å². The maximum absolute atomic E-state index is 14.1. The molecular weight excluding hydrogens is 269 g/mol. The van der Waals surface area contributed by atoms with Crippen LogP contribution in [0.15, 0.2) is 18.2 Å². The van der Waals surface area contributed by atoms with Crippen molar-refractivity contribution >= 4 is 5.97 Å². The van der Waals surface area contributed by atoms with Crippen LogP contribution in [-0.2, 0) is 6.54 Å². The van der Waals surface area contributed by atoms with E-state index in [1.54, 1.807) is 12.1 Å². The van der Waals surface area contributed by atoms with Gasteiger partial charge in [-0.2, -0.15) is 0 Å². The normalized spacial score (nSPS) is 27.5. The molecule has 0 heterocycles. The van der Waals surface area contributed by atoms with Crippen molar-refractivity contribution in [1.29, 1.82) is 0 Å². The van der Waals surface area contributed by atoms with Crippen molar-refractivity contribution in [1.82, 2.24) is 4.90 Å². The molecule has 1 aromatic rings. The molecule has 4 heteroatoms. The third-order valence-electron chi connectivity index (χ3n) is 5.18. The molecule has 0 spiro atoms. The zero-order valence-electron chi connectivity index (χ0n) is 12.4. The topological polar surface area (TPSA) is 40.5 Å². The average molecular weight is 291 g/mol. The predicted molar refractivity (Wildman–Crippen MR) is 78.6 cm³/mol. The van der Waals surface area contributed by atoms with Crippen molar-refractivity contribution in [3.8, 4) is 0 Å². The van der Waals surface area contributed by atoms with Crippen LogP contribution >= 0.6 is 0 Å². The molecule has 2 bridgehead atoms. The highest BCUT2D eigenvalue weighted by Crippen LogP contribution is 2.48. The van der Waals surface area contributed by atoms with Crippen molar-refractivity contribution in [3.63, 3.8) is 0 Å². The van der Waals surface area contributed by atoms with E-state index in [1.807, 2.05) is 7.05 Å². The molecular formula is C17H22FNO2. The zero-order valence-corrected chi connectivity index (χ0v) is 12.4. The Bertz CT molecular complexity index is 546. The Labute approximate surface area is 124 Å². The van der Waals surface area contributed by atoms with Gasteiger partial charge in [-0.3, -0.25) is 0 Å². The van der Waals surface area contributed by atoms with Gasteiger partial charge in [-0.1, -0.05) is 18.6 Å². The lowest BCUT2D eigenvalue weighted by Crippen LogP contribution is -2.28. The summed E-state index contributed by atoms with van der Waals surface area (Å²) in [6, 6.07) is 4.61. The molecule has 2 saturated carbocycles. The van der Waals surface area contributed by atoms with Gasteiger partial charge in [0.25, 0.3) is 0 Å². The van der Waals surface area contributed by atoms with E-state index >= 15 is 0 Å². The van der Waals surface area contributed by atoms with Crippen LogP contribution in [0.25, 0.3) is 0 Å². The van der Waals surface area contributed by atoms with Crippen LogP contribution in [-0.4, -0.2) is 29.6 Å². The maximum atomic E-state index is 14.1. The largest absolute Gasteiger partial charge is 0.478 e. The van der Waals surface area contributed by atoms with E-state index in [4.69, 9.17) is 5.11 Å². The summed E-state index contributed by atoms with van der Waals surface area (Å²) >= 11 is 0. The molecule has 2 aliphatic carbocycles. The third-order valence-corrected chi connectivity index (χ3v) is 5.18. The first-order valence-electron chi connectivity index (χ1n) is 7.74. The van der Waals surface area contributed by atoms with Crippen molar-refractivity contribution in [2.75, 3.05) is 13.6 Å². The van der Waals surface area contributed by atoms with E-state index in [0.29, 0.717) is 12.1 Å². The van der Waals surface area contributed by atoms with Crippen molar-refractivity contribution in [2.45, 2.75) is 32.2 Å². The molecule has 0 aromatic heterocycles. The Hall–Kier alpha value is -1.42. The first-order valence-corrected chi connectivity index (χ1v) is 7.74. The summed E-state index contributed by atoms with van der Waals surface area (Å²) in [5.41, 5.74) is 0.237. The molecule has 1 aromatic carbocycles. The highest BCUT2D eigenvalue weighted by Gasteiger charge is 2.39. The first kappa shape index (κ1) is 14.5. The number of hydrogen-bond donors (Lipinski definition) is 1. The van der Waals surface area contributed by atoms with Gasteiger partial charge in [0.1, 0.15) is 5.82 Å². The molecule has 114 valence electrons. The first-order chi connectivity index (χ1) is 10.0. The predicted octanol–water partition coefficient (Wildman–Crippen LogP) is 3.39. The molecule has 0 saturated heterocycles. The lowest BCUT2D eigenvalue weighted by atomic mass is 9.88. The van der Waals surface area contributed by atoms with E-state index in [-0.39, 0.29) is 5.56 Å². The second kappa shape index (κ2) is 5.76. The molecule has 21 heavy (non-hydrogen) atoms. The van der Waals surface area contributed by atoms with Gasteiger partial charge in [0.2, 0.25) is 0 Å². The zero-order chi connectivity index (χ0) is 15.0. The fraction of sp³-hybridized carbons (Fsp3) is 0.588. The lowest BCUT2D eigenvalue weighted by molar-refractivity contribution is 0.0691. The summed E-state index contributed by atoms with van der Waals surface area (Å²) in [7, 11) is 2.00. The summed E-state index contributed by atoms with van der Waals surface area (Å²) < 4.78 is 14.1. The Morgan fingerprint density at radius 1 is 1.38 bits per heavy atom. The van der Waals surface area contributed by atoms with E-state index < -0.39 is 11.8 Å². The van der Waals surface area contributed by atoms with Crippen LogP contribution in [0.5, 0.6) is 0 Å². The van der Waals surface area contributed by atoms with Crippen molar-refractivity contribution in [3.05, 3.63) is 35.1 Å². The van der Waals surface area contributed by atoms with Crippen LogP contribution in [0.4, 0.5) is 4.39 Å². The second-order valence-electron chi connectivity index (χ2n) is 6.72. The van der Waals surface area contributed by atoms with Crippen molar-refractivity contribution < 1.29 is 14.3 Å². The van der Waals surface area contributed by atoms with Gasteiger partial charge < -0.3 is 10.0 Å². The molecule has 2 fully saturated rings. The van der Waals surface area contributed by atoms with Crippen LogP contribution in [0, 0.1) is 23.6 Å². The summed E-state index contributed by atoms with van der Waals surface area (Å²) in [5.74, 6) is 0.711. The molecule has 1 N–H and O–H groups in total. The molecule has 3 atom stereocenters. The van der Waals surface area contributed by atoms with Gasteiger partial charge in [0, 0.05) is 18.7 Å². The van der Waals surface area contributed by atoms with E-state index in [1.165, 1.54) is 31.7 Å². The van der Waals surface area contributed by atoms with Gasteiger partial charge in [-0.15, -0.1) is 0 Å². The van der Waals surface area contributed by atoms with Crippen molar-refractivity contribution in [2.24, 2.45) is 17.8 Å². The molecule has 0 aliphatic heterocycles. The number of carboxylic acid groups (broad SMARTS) is 1. The SMILES string of the molecule is CN(Cc1cccc(C(=O)O)c1F)CC1CC2CCC1C2. The fourth-order valence-electron chi connectivity index (χ4n) is 4.22. The quantitative estimate of drug-likeness (QED) is 0.904. The molecule has 3 nitrogen and oxygen atoms in total. The highest BCUT2D eigenvalue weighted by atomic mass is 19.1. The monoisotopic (exact) mass is 291 g/mol. The number of benzene rings is 1. The number of nitrogens with zero attached hydrogens (tertiary/aromatic N) is 1. The Morgan fingerprint density at radius 2 is 2.19 bits per heavy atom. The Balaban J connectivity index is 1.63. The summed E-state index contributed by atoms with van der Waals surface area (Å²) in [4.78, 5) is 13.1. The van der Waals surface area contributed by atoms with E-state index in [2.05, 4.69) is 4.90 Å². The fourth-order valence-corrected chi connectivity index (χ4v) is 4.22. The number of hydrogen-bond acceptors (Lipinski definition) is 2. The molecule has 0 radical (unpaired) electrons. The number of aromatic carboxylic acids is 1. The number of rotatable bonds is 5. The Morgan fingerprint density at radius 3 is 2.81 bits per heavy atom. The minimum atomic E-state index is -1.20. The highest BCUT2D eigenvalue weighted by molar-refractivity contribution is 5.88. The summed E-state index contributed by atoms with van der Waals surface area (Å²) in [6.07, 6.45) is 5.43. The minimum Gasteiger partial charge on any atom is -0.478 e. The molecule has 0 amide bonds. The van der Waals surface area contributed by atoms with Gasteiger partial charge in [-0.05, 0) is 50.1 Å². The third kappa shape index (κ3) is 2.95. The van der Waals surface area contributed by atoms with Gasteiger partial charge in [0.05, 0.1) is 5.56 Å². The summed E-state index contributed by atoms with van der Waals surface area (Å²) in [6.45, 7) is 1.46. The second-order valence-corrected chi connectivity index (χ2v) is 6.72. The van der Waals surface area contributed by atoms with Crippen LogP contribution in [0.2, 0.25) is 0 Å². The van der Waals surface area contributed by atoms with Crippen LogP contribution in [0.3, 0.4) is 0 Å². The molecule has 3 unspecified atom stereocenters. The lowest BCUT2D eigenvalue weighted by Gasteiger charge is -2.27. The van der Waals surface area contributed by atoms with Gasteiger partial charge in [0.15, 0.2) is 0 Å². The molecule has 3 rings (SSSR count). The molecule has 2 aliphatic rings. The number of halogens is 1. The number of carbonyl (C=O) groups is 1. The maximum Gasteiger partial charge on any atom is 0.338 e. The van der Waals surface area contributed by atoms with E-state index in [0.717, 1.165) is 24.3 Å². The number of carboxylic acids is 1. The van der Waals surface area contributed by atoms with Gasteiger partial charge in [-0.25, -0.2) is 9.18 Å². The van der Waals surface area contributed by atoms with Crippen LogP contribution in [0.1, 0.15) is 41.6 Å². The minimum absolute atomic E-state index is 0.235. The Kier molecular flexibility index (Phi) is 3.98. The van der Waals surface area contributed by atoms with Gasteiger partial charge >= 0.3 is 5.97 Å². The number of fused-ring (bicyclic) bond motifs is 2.